The van der Waals surface area contributed by atoms with Crippen molar-refractivity contribution in [1.29, 1.82) is 0 Å². The number of nitrogens with one attached hydrogen (secondary N) is 1. The minimum Gasteiger partial charge on any atom is -0.323 e. The molecule has 0 aliphatic heterocycles. The lowest BCUT2D eigenvalue weighted by molar-refractivity contribution is -0.115. The van der Waals surface area contributed by atoms with Crippen molar-refractivity contribution in [3.8, 4) is 5.69 Å². The van der Waals surface area contributed by atoms with Crippen LogP contribution in [0, 0.1) is 18.6 Å². The summed E-state index contributed by atoms with van der Waals surface area (Å²) in [5.41, 5.74) is 0.819. The third kappa shape index (κ3) is 3.91. The molecule has 134 valence electrons. The first-order valence-electron chi connectivity index (χ1n) is 7.85. The van der Waals surface area contributed by atoms with E-state index < -0.39 is 22.8 Å². The largest absolute Gasteiger partial charge is 0.323 e. The molecule has 0 spiro atoms. The fourth-order valence-corrected chi connectivity index (χ4v) is 3.24. The van der Waals surface area contributed by atoms with Crippen molar-refractivity contribution in [3.63, 3.8) is 0 Å². The summed E-state index contributed by atoms with van der Waals surface area (Å²) < 4.78 is 28.5. The minimum atomic E-state index is -0.821. The summed E-state index contributed by atoms with van der Waals surface area (Å²) >= 11 is 1.20. The zero-order chi connectivity index (χ0) is 18.7. The van der Waals surface area contributed by atoms with Gasteiger partial charge in [0.1, 0.15) is 17.5 Å². The van der Waals surface area contributed by atoms with Crippen LogP contribution in [0.15, 0.2) is 53.7 Å². The summed E-state index contributed by atoms with van der Waals surface area (Å²) in [4.78, 5) is 12.4. The summed E-state index contributed by atoms with van der Waals surface area (Å²) in [5.74, 6) is -1.25. The summed E-state index contributed by atoms with van der Waals surface area (Å²) in [6, 6.07) is 12.5. The molecule has 1 aromatic heterocycles. The van der Waals surface area contributed by atoms with E-state index in [9.17, 15) is 13.6 Å². The zero-order valence-corrected chi connectivity index (χ0v) is 14.9. The van der Waals surface area contributed by atoms with Gasteiger partial charge in [-0.15, -0.1) is 10.2 Å². The number of hydrogen-bond donors (Lipinski definition) is 1. The Bertz CT molecular complexity index is 930. The summed E-state index contributed by atoms with van der Waals surface area (Å²) in [7, 11) is 0. The molecule has 8 heteroatoms. The normalized spacial score (nSPS) is 12.0. The van der Waals surface area contributed by atoms with E-state index in [1.807, 2.05) is 41.8 Å². The van der Waals surface area contributed by atoms with Gasteiger partial charge in [0.25, 0.3) is 0 Å². The van der Waals surface area contributed by atoms with Crippen molar-refractivity contribution in [2.45, 2.75) is 24.3 Å². The number of rotatable bonds is 5. The molecule has 26 heavy (non-hydrogen) atoms. The van der Waals surface area contributed by atoms with E-state index in [0.717, 1.165) is 17.8 Å². The lowest BCUT2D eigenvalue weighted by Gasteiger charge is -2.13. The average Bonchev–Trinajstić information content (AvgIpc) is 2.98. The van der Waals surface area contributed by atoms with Crippen molar-refractivity contribution >= 4 is 23.4 Å². The molecule has 0 aliphatic carbocycles. The number of anilines is 1. The molecular formula is C18H16F2N4OS. The van der Waals surface area contributed by atoms with Gasteiger partial charge in [-0.3, -0.25) is 9.36 Å². The predicted octanol–water partition coefficient (Wildman–Crippen LogP) is 3.97. The Labute approximate surface area is 153 Å². The number of amides is 1. The van der Waals surface area contributed by atoms with Gasteiger partial charge in [0, 0.05) is 11.8 Å². The maximum Gasteiger partial charge on any atom is 0.237 e. The topological polar surface area (TPSA) is 59.8 Å². The number of benzene rings is 2. The van der Waals surface area contributed by atoms with E-state index in [-0.39, 0.29) is 5.69 Å². The maximum absolute atomic E-state index is 13.7. The first kappa shape index (κ1) is 18.1. The van der Waals surface area contributed by atoms with Crippen LogP contribution in [-0.2, 0) is 4.79 Å². The highest BCUT2D eigenvalue weighted by atomic mass is 32.2. The lowest BCUT2D eigenvalue weighted by atomic mass is 10.3. The smallest absolute Gasteiger partial charge is 0.237 e. The minimum absolute atomic E-state index is 0.0652. The number of para-hydroxylation sites is 1. The Balaban J connectivity index is 1.76. The van der Waals surface area contributed by atoms with Gasteiger partial charge in [0.2, 0.25) is 5.91 Å². The predicted molar refractivity (Wildman–Crippen MR) is 96.4 cm³/mol. The van der Waals surface area contributed by atoms with E-state index in [0.29, 0.717) is 11.0 Å². The van der Waals surface area contributed by atoms with Gasteiger partial charge in [-0.25, -0.2) is 8.78 Å². The van der Waals surface area contributed by atoms with E-state index in [2.05, 4.69) is 15.5 Å². The van der Waals surface area contributed by atoms with Crippen molar-refractivity contribution in [2.24, 2.45) is 0 Å². The Kier molecular flexibility index (Phi) is 5.32. The van der Waals surface area contributed by atoms with Gasteiger partial charge in [0.05, 0.1) is 10.9 Å². The molecule has 3 aromatic rings. The number of aryl methyl sites for hydroxylation is 1. The van der Waals surface area contributed by atoms with E-state index in [4.69, 9.17) is 0 Å². The highest BCUT2D eigenvalue weighted by molar-refractivity contribution is 8.00. The number of carbonyl (C=O) groups excluding carboxylic acids is 1. The van der Waals surface area contributed by atoms with Crippen molar-refractivity contribution in [2.75, 3.05) is 5.32 Å². The van der Waals surface area contributed by atoms with Gasteiger partial charge in [0.15, 0.2) is 5.16 Å². The number of nitrogens with zero attached hydrogens (tertiary/aromatic N) is 3. The molecule has 0 unspecified atom stereocenters. The second-order valence-electron chi connectivity index (χ2n) is 5.57. The maximum atomic E-state index is 13.7. The molecule has 0 fully saturated rings. The van der Waals surface area contributed by atoms with Crippen LogP contribution in [0.25, 0.3) is 5.69 Å². The van der Waals surface area contributed by atoms with Gasteiger partial charge in [-0.05, 0) is 38.1 Å². The van der Waals surface area contributed by atoms with E-state index in [1.54, 1.807) is 6.92 Å². The molecule has 0 saturated heterocycles. The fraction of sp³-hybridized carbons (Fsp3) is 0.167. The zero-order valence-electron chi connectivity index (χ0n) is 14.1. The number of carbonyl (C=O) groups is 1. The monoisotopic (exact) mass is 374 g/mol. The van der Waals surface area contributed by atoms with E-state index in [1.165, 1.54) is 17.8 Å². The van der Waals surface area contributed by atoms with Crippen LogP contribution in [-0.4, -0.2) is 25.9 Å². The third-order valence-electron chi connectivity index (χ3n) is 3.65. The second kappa shape index (κ2) is 7.65. The van der Waals surface area contributed by atoms with Crippen molar-refractivity contribution in [1.82, 2.24) is 14.8 Å². The molecule has 0 aliphatic rings. The quantitative estimate of drug-likeness (QED) is 0.687. The first-order chi connectivity index (χ1) is 12.5. The third-order valence-corrected chi connectivity index (χ3v) is 4.69. The molecule has 1 amide bonds. The van der Waals surface area contributed by atoms with Gasteiger partial charge >= 0.3 is 0 Å². The number of halogens is 2. The van der Waals surface area contributed by atoms with Crippen LogP contribution in [0.1, 0.15) is 12.7 Å². The Morgan fingerprint density at radius 1 is 1.15 bits per heavy atom. The number of hydrogen-bond acceptors (Lipinski definition) is 4. The Morgan fingerprint density at radius 2 is 1.88 bits per heavy atom. The van der Waals surface area contributed by atoms with Gasteiger partial charge in [-0.2, -0.15) is 0 Å². The fourth-order valence-electron chi connectivity index (χ4n) is 2.33. The van der Waals surface area contributed by atoms with Crippen LogP contribution in [0.5, 0.6) is 0 Å². The van der Waals surface area contributed by atoms with Crippen molar-refractivity contribution < 1.29 is 13.6 Å². The molecule has 0 radical (unpaired) electrons. The molecule has 0 bridgehead atoms. The van der Waals surface area contributed by atoms with Crippen LogP contribution < -0.4 is 5.32 Å². The Hall–Kier alpha value is -2.74. The van der Waals surface area contributed by atoms with Crippen molar-refractivity contribution in [3.05, 3.63) is 66.0 Å². The standard InChI is InChI=1S/C18H16F2N4OS/c1-11(17(25)21-16-9-8-13(19)10-15(16)20)26-18-23-22-12(2)24(18)14-6-4-3-5-7-14/h3-11H,1-2H3,(H,21,25)/t11-/m0/s1. The first-order valence-corrected chi connectivity index (χ1v) is 8.73. The van der Waals surface area contributed by atoms with Gasteiger partial charge < -0.3 is 5.32 Å². The molecule has 0 saturated carbocycles. The number of thioether (sulfide) groups is 1. The number of aromatic nitrogens is 3. The van der Waals surface area contributed by atoms with E-state index >= 15 is 0 Å². The Morgan fingerprint density at radius 3 is 2.58 bits per heavy atom. The summed E-state index contributed by atoms with van der Waals surface area (Å²) in [6.07, 6.45) is 0. The molecular weight excluding hydrogens is 358 g/mol. The molecule has 2 aromatic carbocycles. The van der Waals surface area contributed by atoms with Crippen LogP contribution in [0.2, 0.25) is 0 Å². The molecule has 1 heterocycles. The lowest BCUT2D eigenvalue weighted by Crippen LogP contribution is -2.23. The second-order valence-corrected chi connectivity index (χ2v) is 6.88. The molecule has 1 atom stereocenters. The summed E-state index contributed by atoms with van der Waals surface area (Å²) in [6.45, 7) is 3.50. The molecule has 1 N–H and O–H groups in total. The van der Waals surface area contributed by atoms with Gasteiger partial charge in [-0.1, -0.05) is 30.0 Å². The molecule has 5 nitrogen and oxygen atoms in total. The SMILES string of the molecule is Cc1nnc(S[C@@H](C)C(=O)Nc2ccc(F)cc2F)n1-c1ccccc1. The molecule has 3 rings (SSSR count). The summed E-state index contributed by atoms with van der Waals surface area (Å²) in [5, 5.41) is 10.6. The average molecular weight is 374 g/mol. The van der Waals surface area contributed by atoms with Crippen LogP contribution >= 0.6 is 11.8 Å². The van der Waals surface area contributed by atoms with Crippen LogP contribution in [0.4, 0.5) is 14.5 Å². The highest BCUT2D eigenvalue weighted by Crippen LogP contribution is 2.26. The highest BCUT2D eigenvalue weighted by Gasteiger charge is 2.21. The van der Waals surface area contributed by atoms with Crippen LogP contribution in [0.3, 0.4) is 0 Å².